The van der Waals surface area contributed by atoms with Gasteiger partial charge in [0, 0.05) is 31.4 Å². The Kier molecular flexibility index (Phi) is 2.20. The first-order valence-electron chi connectivity index (χ1n) is 5.90. The Morgan fingerprint density at radius 3 is 2.87 bits per heavy atom. The van der Waals surface area contributed by atoms with Crippen molar-refractivity contribution in [3.63, 3.8) is 0 Å². The van der Waals surface area contributed by atoms with Crippen molar-refractivity contribution in [2.24, 2.45) is 5.92 Å². The second-order valence-corrected chi connectivity index (χ2v) is 4.66. The molecule has 2 saturated heterocycles. The van der Waals surface area contributed by atoms with Crippen molar-refractivity contribution in [2.75, 3.05) is 19.6 Å². The molecule has 0 saturated carbocycles. The van der Waals surface area contributed by atoms with Crippen molar-refractivity contribution >= 4 is 0 Å². The lowest BCUT2D eigenvalue weighted by Crippen LogP contribution is -2.23. The first-order valence-corrected chi connectivity index (χ1v) is 5.90. The molecule has 2 aliphatic rings. The van der Waals surface area contributed by atoms with Crippen LogP contribution in [-0.2, 0) is 6.42 Å². The summed E-state index contributed by atoms with van der Waals surface area (Å²) >= 11 is 0. The average Bonchev–Trinajstić information content (AvgIpc) is 2.90. The monoisotopic (exact) mass is 203 g/mol. The van der Waals surface area contributed by atoms with Gasteiger partial charge in [-0.05, 0) is 25.3 Å². The Labute approximate surface area is 90.5 Å². The van der Waals surface area contributed by atoms with Crippen LogP contribution in [0.3, 0.4) is 0 Å². The topological polar surface area (TPSA) is 29.0 Å². The van der Waals surface area contributed by atoms with E-state index >= 15 is 0 Å². The summed E-state index contributed by atoms with van der Waals surface area (Å²) in [6.07, 6.45) is 6.02. The van der Waals surface area contributed by atoms with Crippen LogP contribution in [0.2, 0.25) is 0 Å². The molecule has 1 aromatic heterocycles. The van der Waals surface area contributed by atoms with Gasteiger partial charge in [0.05, 0.1) is 11.4 Å². The molecule has 1 aromatic rings. The third-order valence-electron chi connectivity index (χ3n) is 3.83. The van der Waals surface area contributed by atoms with E-state index in [0.29, 0.717) is 5.92 Å². The summed E-state index contributed by atoms with van der Waals surface area (Å²) in [6, 6.07) is 0. The summed E-state index contributed by atoms with van der Waals surface area (Å²) in [5.74, 6) is 1.49. The van der Waals surface area contributed by atoms with E-state index in [9.17, 15) is 0 Å². The van der Waals surface area contributed by atoms with Gasteiger partial charge < -0.3 is 4.90 Å². The Morgan fingerprint density at radius 2 is 2.20 bits per heavy atom. The van der Waals surface area contributed by atoms with Crippen LogP contribution in [0, 0.1) is 5.92 Å². The number of aromatic nitrogens is 2. The van der Waals surface area contributed by atoms with Gasteiger partial charge in [-0.3, -0.25) is 9.97 Å². The fourth-order valence-electron chi connectivity index (χ4n) is 3.05. The standard InChI is InChI=1S/C12H17N3/c1-2-11-12(14-5-4-13-11)10-8-15-6-3-9(10)7-15/h4-5,9-10H,2-3,6-8H2,1H3/t9-,10-/m1/s1. The summed E-state index contributed by atoms with van der Waals surface area (Å²) in [5.41, 5.74) is 2.48. The summed E-state index contributed by atoms with van der Waals surface area (Å²) < 4.78 is 0. The van der Waals surface area contributed by atoms with E-state index in [1.54, 1.807) is 0 Å². The van der Waals surface area contributed by atoms with Crippen molar-refractivity contribution in [2.45, 2.75) is 25.7 Å². The highest BCUT2D eigenvalue weighted by Crippen LogP contribution is 2.39. The molecular weight excluding hydrogens is 186 g/mol. The molecule has 2 bridgehead atoms. The van der Waals surface area contributed by atoms with Crippen molar-refractivity contribution < 1.29 is 0 Å². The first-order chi connectivity index (χ1) is 7.38. The number of fused-ring (bicyclic) bond motifs is 2. The fourth-order valence-corrected chi connectivity index (χ4v) is 3.05. The minimum Gasteiger partial charge on any atom is -0.302 e. The summed E-state index contributed by atoms with van der Waals surface area (Å²) in [5, 5.41) is 0. The predicted molar refractivity (Wildman–Crippen MR) is 58.7 cm³/mol. The van der Waals surface area contributed by atoms with Crippen LogP contribution in [0.4, 0.5) is 0 Å². The number of piperidine rings is 1. The Hall–Kier alpha value is -0.960. The molecule has 1 unspecified atom stereocenters. The molecule has 80 valence electrons. The van der Waals surface area contributed by atoms with E-state index in [1.807, 2.05) is 12.4 Å². The smallest absolute Gasteiger partial charge is 0.0665 e. The molecule has 15 heavy (non-hydrogen) atoms. The lowest BCUT2D eigenvalue weighted by molar-refractivity contribution is 0.342. The molecule has 3 rings (SSSR count). The van der Waals surface area contributed by atoms with Gasteiger partial charge >= 0.3 is 0 Å². The molecule has 2 aliphatic heterocycles. The molecule has 3 heteroatoms. The largest absolute Gasteiger partial charge is 0.302 e. The third-order valence-corrected chi connectivity index (χ3v) is 3.83. The second kappa shape index (κ2) is 3.56. The second-order valence-electron chi connectivity index (χ2n) is 4.66. The third kappa shape index (κ3) is 1.46. The van der Waals surface area contributed by atoms with E-state index in [1.165, 1.54) is 37.4 Å². The molecule has 2 fully saturated rings. The van der Waals surface area contributed by atoms with Crippen LogP contribution in [0.5, 0.6) is 0 Å². The molecular formula is C12H17N3. The molecule has 0 radical (unpaired) electrons. The van der Waals surface area contributed by atoms with Crippen molar-refractivity contribution in [3.8, 4) is 0 Å². The molecule has 0 amide bonds. The molecule has 3 nitrogen and oxygen atoms in total. The average molecular weight is 203 g/mol. The Bertz CT molecular complexity index is 364. The van der Waals surface area contributed by atoms with Crippen molar-refractivity contribution in [1.82, 2.24) is 14.9 Å². The van der Waals surface area contributed by atoms with Gasteiger partial charge in [0.2, 0.25) is 0 Å². The van der Waals surface area contributed by atoms with Gasteiger partial charge in [0.25, 0.3) is 0 Å². The highest BCUT2D eigenvalue weighted by atomic mass is 15.2. The van der Waals surface area contributed by atoms with E-state index in [4.69, 9.17) is 0 Å². The lowest BCUT2D eigenvalue weighted by atomic mass is 9.88. The van der Waals surface area contributed by atoms with Crippen molar-refractivity contribution in [1.29, 1.82) is 0 Å². The molecule has 0 spiro atoms. The maximum atomic E-state index is 4.56. The molecule has 0 N–H and O–H groups in total. The number of hydrogen-bond donors (Lipinski definition) is 0. The van der Waals surface area contributed by atoms with Gasteiger partial charge in [0.1, 0.15) is 0 Å². The van der Waals surface area contributed by atoms with E-state index in [-0.39, 0.29) is 0 Å². The summed E-state index contributed by atoms with van der Waals surface area (Å²) in [7, 11) is 0. The predicted octanol–water partition coefficient (Wildman–Crippen LogP) is 1.46. The summed E-state index contributed by atoms with van der Waals surface area (Å²) in [4.78, 5) is 11.6. The van der Waals surface area contributed by atoms with E-state index in [2.05, 4.69) is 21.8 Å². The van der Waals surface area contributed by atoms with Crippen LogP contribution in [0.15, 0.2) is 12.4 Å². The van der Waals surface area contributed by atoms with Crippen LogP contribution in [0.1, 0.15) is 30.7 Å². The number of hydrogen-bond acceptors (Lipinski definition) is 3. The summed E-state index contributed by atoms with van der Waals surface area (Å²) in [6.45, 7) is 5.95. The minimum absolute atomic E-state index is 0.655. The minimum atomic E-state index is 0.655. The van der Waals surface area contributed by atoms with Crippen LogP contribution in [-0.4, -0.2) is 34.5 Å². The maximum Gasteiger partial charge on any atom is 0.0665 e. The van der Waals surface area contributed by atoms with Gasteiger partial charge in [0.15, 0.2) is 0 Å². The Morgan fingerprint density at radius 1 is 1.33 bits per heavy atom. The van der Waals surface area contributed by atoms with Gasteiger partial charge in [-0.1, -0.05) is 6.92 Å². The first kappa shape index (κ1) is 9.28. The van der Waals surface area contributed by atoms with Crippen molar-refractivity contribution in [3.05, 3.63) is 23.8 Å². The quantitative estimate of drug-likeness (QED) is 0.728. The van der Waals surface area contributed by atoms with Crippen LogP contribution in [0.25, 0.3) is 0 Å². The highest BCUT2D eigenvalue weighted by Gasteiger charge is 2.40. The van der Waals surface area contributed by atoms with Gasteiger partial charge in [-0.25, -0.2) is 0 Å². The molecule has 3 atom stereocenters. The maximum absolute atomic E-state index is 4.56. The normalized spacial score (nSPS) is 33.5. The zero-order valence-electron chi connectivity index (χ0n) is 9.19. The Balaban J connectivity index is 1.92. The zero-order valence-corrected chi connectivity index (χ0v) is 9.19. The van der Waals surface area contributed by atoms with E-state index in [0.717, 1.165) is 12.3 Å². The molecule has 0 aromatic carbocycles. The molecule has 0 aliphatic carbocycles. The SMILES string of the molecule is CCc1nccnc1[C@@H]1CN2CC[C@@H]1C2. The van der Waals surface area contributed by atoms with Gasteiger partial charge in [-0.2, -0.15) is 0 Å². The lowest BCUT2D eigenvalue weighted by Gasteiger charge is -2.22. The zero-order chi connectivity index (χ0) is 10.3. The van der Waals surface area contributed by atoms with Gasteiger partial charge in [-0.15, -0.1) is 0 Å². The highest BCUT2D eigenvalue weighted by molar-refractivity contribution is 5.20. The van der Waals surface area contributed by atoms with E-state index < -0.39 is 0 Å². The van der Waals surface area contributed by atoms with Crippen LogP contribution >= 0.6 is 0 Å². The fraction of sp³-hybridized carbons (Fsp3) is 0.667. The number of aryl methyl sites for hydroxylation is 1. The van der Waals surface area contributed by atoms with Crippen LogP contribution < -0.4 is 0 Å². The number of rotatable bonds is 2. The number of nitrogens with zero attached hydrogens (tertiary/aromatic N) is 3. The molecule has 3 heterocycles.